The van der Waals surface area contributed by atoms with Gasteiger partial charge >= 0.3 is 0 Å². The lowest BCUT2D eigenvalue weighted by Crippen LogP contribution is -2.47. The van der Waals surface area contributed by atoms with Crippen LogP contribution in [0.4, 0.5) is 11.6 Å². The number of fused-ring (bicyclic) bond motifs is 1. The van der Waals surface area contributed by atoms with Gasteiger partial charge in [0.05, 0.1) is 17.3 Å². The Hall–Kier alpha value is -2.73. The highest BCUT2D eigenvalue weighted by atomic mass is 16.3. The van der Waals surface area contributed by atoms with Crippen molar-refractivity contribution in [2.75, 3.05) is 36.0 Å². The number of aliphatic hydroxyl groups excluding tert-OH is 1. The second-order valence-corrected chi connectivity index (χ2v) is 8.29. The highest BCUT2D eigenvalue weighted by molar-refractivity contribution is 5.80. The molecule has 2 aromatic heterocycles. The molecule has 1 unspecified atom stereocenters. The highest BCUT2D eigenvalue weighted by Gasteiger charge is 2.34. The van der Waals surface area contributed by atoms with Crippen molar-refractivity contribution in [2.45, 2.75) is 31.8 Å². The van der Waals surface area contributed by atoms with Gasteiger partial charge in [0.1, 0.15) is 5.82 Å². The molecule has 29 heavy (non-hydrogen) atoms. The number of aliphatic hydroxyl groups is 1. The molecule has 1 atom stereocenters. The van der Waals surface area contributed by atoms with Crippen LogP contribution in [-0.2, 0) is 0 Å². The van der Waals surface area contributed by atoms with Crippen molar-refractivity contribution in [3.05, 3.63) is 54.5 Å². The summed E-state index contributed by atoms with van der Waals surface area (Å²) in [5.74, 6) is 2.82. The number of piperidine rings is 1. The molecule has 6 nitrogen and oxygen atoms in total. The fraction of sp³-hybridized carbons (Fsp3) is 0.435. The molecular weight excluding hydrogens is 362 g/mol. The van der Waals surface area contributed by atoms with Crippen LogP contribution in [0.2, 0.25) is 0 Å². The second kappa shape index (κ2) is 7.59. The SMILES string of the molecule is CC(O)C1CCN(c2nccnc2C2CN(c3ccc4ccccc4n3)C2)CC1. The Bertz CT molecular complexity index is 993. The predicted octanol–water partition coefficient (Wildman–Crippen LogP) is 3.23. The van der Waals surface area contributed by atoms with E-state index in [4.69, 9.17) is 9.97 Å². The molecule has 2 fully saturated rings. The van der Waals surface area contributed by atoms with Gasteiger partial charge in [-0.25, -0.2) is 9.97 Å². The summed E-state index contributed by atoms with van der Waals surface area (Å²) < 4.78 is 0. The second-order valence-electron chi connectivity index (χ2n) is 8.29. The predicted molar refractivity (Wildman–Crippen MR) is 115 cm³/mol. The van der Waals surface area contributed by atoms with Crippen molar-refractivity contribution in [3.8, 4) is 0 Å². The van der Waals surface area contributed by atoms with Crippen LogP contribution in [0.25, 0.3) is 10.9 Å². The van der Waals surface area contributed by atoms with Gasteiger partial charge in [0.2, 0.25) is 0 Å². The van der Waals surface area contributed by atoms with Crippen LogP contribution in [0.1, 0.15) is 31.4 Å². The van der Waals surface area contributed by atoms with Crippen molar-refractivity contribution in [1.29, 1.82) is 0 Å². The Labute approximate surface area is 171 Å². The number of aromatic nitrogens is 3. The lowest BCUT2D eigenvalue weighted by molar-refractivity contribution is 0.109. The molecule has 3 aromatic rings. The summed E-state index contributed by atoms with van der Waals surface area (Å²) in [6.45, 7) is 5.61. The molecule has 1 aromatic carbocycles. The van der Waals surface area contributed by atoms with Crippen LogP contribution < -0.4 is 9.80 Å². The van der Waals surface area contributed by atoms with Gasteiger partial charge in [-0.15, -0.1) is 0 Å². The number of hydrogen-bond acceptors (Lipinski definition) is 6. The monoisotopic (exact) mass is 389 g/mol. The third-order valence-corrected chi connectivity index (χ3v) is 6.40. The summed E-state index contributed by atoms with van der Waals surface area (Å²) in [6.07, 6.45) is 5.38. The first-order valence-electron chi connectivity index (χ1n) is 10.5. The molecule has 0 aliphatic carbocycles. The molecule has 0 bridgehead atoms. The molecule has 0 radical (unpaired) electrons. The molecule has 2 saturated heterocycles. The van der Waals surface area contributed by atoms with Crippen LogP contribution in [0, 0.1) is 5.92 Å². The van der Waals surface area contributed by atoms with E-state index in [0.29, 0.717) is 11.8 Å². The molecule has 4 heterocycles. The summed E-state index contributed by atoms with van der Waals surface area (Å²) in [7, 11) is 0. The van der Waals surface area contributed by atoms with Crippen LogP contribution in [0.3, 0.4) is 0 Å². The highest BCUT2D eigenvalue weighted by Crippen LogP contribution is 2.35. The number of nitrogens with zero attached hydrogens (tertiary/aromatic N) is 5. The smallest absolute Gasteiger partial charge is 0.150 e. The van der Waals surface area contributed by atoms with Gasteiger partial charge < -0.3 is 14.9 Å². The quantitative estimate of drug-likeness (QED) is 0.739. The molecule has 2 aliphatic rings. The molecule has 2 aliphatic heterocycles. The van der Waals surface area contributed by atoms with E-state index >= 15 is 0 Å². The minimum Gasteiger partial charge on any atom is -0.393 e. The zero-order chi connectivity index (χ0) is 19.8. The zero-order valence-corrected chi connectivity index (χ0v) is 16.8. The zero-order valence-electron chi connectivity index (χ0n) is 16.8. The van der Waals surface area contributed by atoms with E-state index in [2.05, 4.69) is 39.0 Å². The van der Waals surface area contributed by atoms with Crippen molar-refractivity contribution in [3.63, 3.8) is 0 Å². The summed E-state index contributed by atoms with van der Waals surface area (Å²) in [5, 5.41) is 11.0. The average Bonchev–Trinajstić information content (AvgIpc) is 2.73. The van der Waals surface area contributed by atoms with Gasteiger partial charge in [-0.1, -0.05) is 18.2 Å². The van der Waals surface area contributed by atoms with Crippen molar-refractivity contribution >= 4 is 22.5 Å². The van der Waals surface area contributed by atoms with E-state index in [9.17, 15) is 5.11 Å². The molecule has 0 saturated carbocycles. The average molecular weight is 390 g/mol. The number of hydrogen-bond donors (Lipinski definition) is 1. The van der Waals surface area contributed by atoms with Crippen molar-refractivity contribution in [2.24, 2.45) is 5.92 Å². The van der Waals surface area contributed by atoms with E-state index in [0.717, 1.165) is 61.9 Å². The first-order valence-corrected chi connectivity index (χ1v) is 10.5. The van der Waals surface area contributed by atoms with Gasteiger partial charge in [-0.3, -0.25) is 4.98 Å². The van der Waals surface area contributed by atoms with E-state index in [1.54, 1.807) is 12.4 Å². The Kier molecular flexibility index (Phi) is 4.79. The Morgan fingerprint density at radius 3 is 2.52 bits per heavy atom. The maximum Gasteiger partial charge on any atom is 0.150 e. The molecule has 1 N–H and O–H groups in total. The third kappa shape index (κ3) is 3.53. The molecule has 5 rings (SSSR count). The van der Waals surface area contributed by atoms with Crippen LogP contribution in [0.5, 0.6) is 0 Å². The minimum absolute atomic E-state index is 0.229. The minimum atomic E-state index is -0.229. The summed E-state index contributed by atoms with van der Waals surface area (Å²) in [5.41, 5.74) is 2.13. The molecule has 0 amide bonds. The van der Waals surface area contributed by atoms with Gasteiger partial charge in [-0.2, -0.15) is 0 Å². The van der Waals surface area contributed by atoms with E-state index in [-0.39, 0.29) is 6.10 Å². The molecule has 0 spiro atoms. The van der Waals surface area contributed by atoms with Crippen LogP contribution >= 0.6 is 0 Å². The number of anilines is 2. The van der Waals surface area contributed by atoms with E-state index in [1.165, 1.54) is 5.39 Å². The Balaban J connectivity index is 1.29. The van der Waals surface area contributed by atoms with Gasteiger partial charge in [0, 0.05) is 49.9 Å². The molecule has 6 heteroatoms. The third-order valence-electron chi connectivity index (χ3n) is 6.40. The van der Waals surface area contributed by atoms with Crippen molar-refractivity contribution < 1.29 is 5.11 Å². The number of rotatable bonds is 4. The van der Waals surface area contributed by atoms with Gasteiger partial charge in [0.15, 0.2) is 5.82 Å². The topological polar surface area (TPSA) is 65.4 Å². The largest absolute Gasteiger partial charge is 0.393 e. The number of para-hydroxylation sites is 1. The Morgan fingerprint density at radius 1 is 0.966 bits per heavy atom. The number of benzene rings is 1. The Morgan fingerprint density at radius 2 is 1.72 bits per heavy atom. The van der Waals surface area contributed by atoms with Crippen molar-refractivity contribution in [1.82, 2.24) is 15.0 Å². The lowest BCUT2D eigenvalue weighted by atomic mass is 9.91. The maximum atomic E-state index is 9.87. The normalized spacial score (nSPS) is 19.4. The summed E-state index contributed by atoms with van der Waals surface area (Å²) >= 11 is 0. The van der Waals surface area contributed by atoms with Crippen LogP contribution in [-0.4, -0.2) is 52.3 Å². The molecule has 150 valence electrons. The summed E-state index contributed by atoms with van der Waals surface area (Å²) in [4.78, 5) is 18.9. The first kappa shape index (κ1) is 18.3. The molecular formula is C23H27N5O. The fourth-order valence-electron chi connectivity index (χ4n) is 4.54. The van der Waals surface area contributed by atoms with Gasteiger partial charge in [0.25, 0.3) is 0 Å². The van der Waals surface area contributed by atoms with Crippen LogP contribution in [0.15, 0.2) is 48.8 Å². The fourth-order valence-corrected chi connectivity index (χ4v) is 4.54. The van der Waals surface area contributed by atoms with E-state index in [1.807, 2.05) is 19.1 Å². The van der Waals surface area contributed by atoms with Gasteiger partial charge in [-0.05, 0) is 43.9 Å². The first-order chi connectivity index (χ1) is 14.2. The summed E-state index contributed by atoms with van der Waals surface area (Å²) in [6, 6.07) is 12.5. The maximum absolute atomic E-state index is 9.87. The lowest BCUT2D eigenvalue weighted by Gasteiger charge is -2.42. The van der Waals surface area contributed by atoms with E-state index < -0.39 is 0 Å². The number of pyridine rings is 1. The standard InChI is InChI=1S/C23H27N5O/c1-16(29)17-8-12-27(13-9-17)23-22(24-10-11-25-23)19-14-28(15-19)21-7-6-18-4-2-3-5-20(18)26-21/h2-7,10-11,16-17,19,29H,8-9,12-15H2,1H3.